The van der Waals surface area contributed by atoms with Crippen molar-refractivity contribution in [2.75, 3.05) is 39.4 Å². The summed E-state index contributed by atoms with van der Waals surface area (Å²) in [6.45, 7) is 4.15. The van der Waals surface area contributed by atoms with Gasteiger partial charge in [0.15, 0.2) is 11.5 Å². The molecule has 0 aromatic heterocycles. The molecule has 1 fully saturated rings. The molecule has 1 aromatic carbocycles. The largest absolute Gasteiger partial charge is 0.486 e. The fourth-order valence-corrected chi connectivity index (χ4v) is 2.99. The number of hydrogen-bond acceptors (Lipinski definition) is 4. The summed E-state index contributed by atoms with van der Waals surface area (Å²) < 4.78 is 37.3. The summed E-state index contributed by atoms with van der Waals surface area (Å²) in [5, 5.41) is 3.25. The average Bonchev–Trinajstić information content (AvgIpc) is 2.53. The molecule has 0 radical (unpaired) electrons. The molecule has 22 heavy (non-hydrogen) atoms. The monoisotopic (exact) mass is 334 g/mol. The van der Waals surface area contributed by atoms with E-state index in [9.17, 15) is 8.78 Å². The molecule has 2 aliphatic rings. The molecule has 7 heteroatoms. The van der Waals surface area contributed by atoms with Crippen LogP contribution in [0.5, 0.6) is 11.5 Å². The number of alkyl halides is 2. The Morgan fingerprint density at radius 2 is 1.86 bits per heavy atom. The van der Waals surface area contributed by atoms with Crippen LogP contribution in [0, 0.1) is 0 Å². The van der Waals surface area contributed by atoms with E-state index < -0.39 is 6.43 Å². The Kier molecular flexibility index (Phi) is 6.23. The Bertz CT molecular complexity index is 485. The van der Waals surface area contributed by atoms with Gasteiger partial charge >= 0.3 is 0 Å². The number of para-hydroxylation sites is 1. The Hall–Kier alpha value is -1.11. The van der Waals surface area contributed by atoms with Gasteiger partial charge in [-0.05, 0) is 6.07 Å². The Morgan fingerprint density at radius 1 is 1.14 bits per heavy atom. The first-order valence-electron chi connectivity index (χ1n) is 7.37. The number of nitrogens with one attached hydrogen (secondary N) is 1. The van der Waals surface area contributed by atoms with Crippen molar-refractivity contribution in [3.63, 3.8) is 0 Å². The van der Waals surface area contributed by atoms with Gasteiger partial charge in [-0.1, -0.05) is 12.1 Å². The second-order valence-electron chi connectivity index (χ2n) is 5.30. The van der Waals surface area contributed by atoms with E-state index >= 15 is 0 Å². The van der Waals surface area contributed by atoms with E-state index in [2.05, 4.69) is 10.2 Å². The van der Waals surface area contributed by atoms with Crippen molar-refractivity contribution in [3.05, 3.63) is 23.8 Å². The van der Waals surface area contributed by atoms with E-state index in [1.54, 1.807) is 0 Å². The lowest BCUT2D eigenvalue weighted by molar-refractivity contribution is 0.0710. The fourth-order valence-electron chi connectivity index (χ4n) is 2.99. The molecule has 1 atom stereocenters. The molecular formula is C15H21ClF2N2O2. The zero-order chi connectivity index (χ0) is 14.7. The third kappa shape index (κ3) is 3.80. The van der Waals surface area contributed by atoms with Crippen LogP contribution in [0.2, 0.25) is 0 Å². The highest BCUT2D eigenvalue weighted by Gasteiger charge is 2.29. The number of benzene rings is 1. The number of hydrogen-bond donors (Lipinski definition) is 1. The second kappa shape index (κ2) is 7.94. The SMILES string of the molecule is Cl.FC(F)C[C@H](c1cccc2c1OCCO2)N1CCNCC1. The minimum atomic E-state index is -2.34. The molecule has 2 aliphatic heterocycles. The first kappa shape index (κ1) is 17.2. The maximum Gasteiger partial charge on any atom is 0.240 e. The molecule has 0 bridgehead atoms. The van der Waals surface area contributed by atoms with Crippen LogP contribution < -0.4 is 14.8 Å². The highest BCUT2D eigenvalue weighted by molar-refractivity contribution is 5.85. The summed E-state index contributed by atoms with van der Waals surface area (Å²) in [5.74, 6) is 1.29. The summed E-state index contributed by atoms with van der Waals surface area (Å²) in [6, 6.07) is 5.23. The van der Waals surface area contributed by atoms with Gasteiger partial charge in [0, 0.05) is 44.2 Å². The molecule has 2 heterocycles. The second-order valence-corrected chi connectivity index (χ2v) is 5.30. The lowest BCUT2D eigenvalue weighted by Crippen LogP contribution is -2.45. The van der Waals surface area contributed by atoms with Gasteiger partial charge < -0.3 is 14.8 Å². The Labute approximate surface area is 135 Å². The topological polar surface area (TPSA) is 33.7 Å². The van der Waals surface area contributed by atoms with Crippen LogP contribution in [0.1, 0.15) is 18.0 Å². The van der Waals surface area contributed by atoms with Gasteiger partial charge in [0.25, 0.3) is 0 Å². The summed E-state index contributed by atoms with van der Waals surface area (Å²) >= 11 is 0. The maximum absolute atomic E-state index is 13.0. The number of halogens is 3. The molecule has 0 saturated carbocycles. The zero-order valence-electron chi connectivity index (χ0n) is 12.3. The van der Waals surface area contributed by atoms with Crippen molar-refractivity contribution in [2.24, 2.45) is 0 Å². The zero-order valence-corrected chi connectivity index (χ0v) is 13.1. The third-order valence-electron chi connectivity index (χ3n) is 3.95. The summed E-state index contributed by atoms with van der Waals surface area (Å²) in [5.41, 5.74) is 0.814. The molecule has 0 aliphatic carbocycles. The van der Waals surface area contributed by atoms with Crippen molar-refractivity contribution in [1.29, 1.82) is 0 Å². The van der Waals surface area contributed by atoms with Crippen LogP contribution in [0.25, 0.3) is 0 Å². The van der Waals surface area contributed by atoms with Crippen molar-refractivity contribution in [2.45, 2.75) is 18.9 Å². The molecule has 0 amide bonds. The lowest BCUT2D eigenvalue weighted by Gasteiger charge is -2.36. The van der Waals surface area contributed by atoms with Gasteiger partial charge in [0.2, 0.25) is 6.43 Å². The molecular weight excluding hydrogens is 314 g/mol. The van der Waals surface area contributed by atoms with Crippen LogP contribution in [0.4, 0.5) is 8.78 Å². The molecule has 1 saturated heterocycles. The molecule has 124 valence electrons. The van der Waals surface area contributed by atoms with Gasteiger partial charge in [-0.3, -0.25) is 4.90 Å². The average molecular weight is 335 g/mol. The number of piperazine rings is 1. The van der Waals surface area contributed by atoms with Crippen LogP contribution in [0.15, 0.2) is 18.2 Å². The molecule has 0 unspecified atom stereocenters. The highest BCUT2D eigenvalue weighted by Crippen LogP contribution is 2.40. The van der Waals surface area contributed by atoms with Crippen LogP contribution in [0.3, 0.4) is 0 Å². The Balaban J connectivity index is 0.00000176. The number of ether oxygens (including phenoxy) is 2. The minimum Gasteiger partial charge on any atom is -0.486 e. The molecule has 1 aromatic rings. The predicted octanol–water partition coefficient (Wildman–Crippen LogP) is 2.48. The quantitative estimate of drug-likeness (QED) is 0.917. The smallest absolute Gasteiger partial charge is 0.240 e. The van der Waals surface area contributed by atoms with Gasteiger partial charge in [0.1, 0.15) is 13.2 Å². The van der Waals surface area contributed by atoms with E-state index in [1.807, 2.05) is 18.2 Å². The van der Waals surface area contributed by atoms with Gasteiger partial charge in [-0.15, -0.1) is 12.4 Å². The highest BCUT2D eigenvalue weighted by atomic mass is 35.5. The normalized spacial score (nSPS) is 19.6. The van der Waals surface area contributed by atoms with Gasteiger partial charge in [-0.25, -0.2) is 8.78 Å². The molecule has 3 rings (SSSR count). The number of fused-ring (bicyclic) bond motifs is 1. The lowest BCUT2D eigenvalue weighted by atomic mass is 9.99. The molecule has 0 spiro atoms. The fraction of sp³-hybridized carbons (Fsp3) is 0.600. The van der Waals surface area contributed by atoms with Crippen molar-refractivity contribution >= 4 is 12.4 Å². The van der Waals surface area contributed by atoms with Crippen molar-refractivity contribution in [3.8, 4) is 11.5 Å². The Morgan fingerprint density at radius 3 is 2.59 bits per heavy atom. The maximum atomic E-state index is 13.0. The van der Waals surface area contributed by atoms with Crippen LogP contribution in [-0.4, -0.2) is 50.7 Å². The number of nitrogens with zero attached hydrogens (tertiary/aromatic N) is 1. The van der Waals surface area contributed by atoms with E-state index in [-0.39, 0.29) is 24.9 Å². The number of rotatable bonds is 4. The van der Waals surface area contributed by atoms with Crippen LogP contribution in [-0.2, 0) is 0 Å². The standard InChI is InChI=1S/C15H20F2N2O2.ClH/c16-14(17)10-12(19-6-4-18-5-7-19)11-2-1-3-13-15(11)21-9-8-20-13;/h1-3,12,14,18H,4-10H2;1H/t12-;/m1./s1. The van der Waals surface area contributed by atoms with Gasteiger partial charge in [-0.2, -0.15) is 0 Å². The first-order valence-corrected chi connectivity index (χ1v) is 7.37. The van der Waals surface area contributed by atoms with Crippen LogP contribution >= 0.6 is 12.4 Å². The van der Waals surface area contributed by atoms with Crippen molar-refractivity contribution < 1.29 is 18.3 Å². The van der Waals surface area contributed by atoms with E-state index in [4.69, 9.17) is 9.47 Å². The summed E-state index contributed by atoms with van der Waals surface area (Å²) in [4.78, 5) is 2.11. The minimum absolute atomic E-state index is 0. The van der Waals surface area contributed by atoms with E-state index in [0.29, 0.717) is 24.7 Å². The summed E-state index contributed by atoms with van der Waals surface area (Å²) in [7, 11) is 0. The molecule has 1 N–H and O–H groups in total. The third-order valence-corrected chi connectivity index (χ3v) is 3.95. The van der Waals surface area contributed by atoms with E-state index in [0.717, 1.165) is 31.7 Å². The van der Waals surface area contributed by atoms with Crippen molar-refractivity contribution in [1.82, 2.24) is 10.2 Å². The molecule has 4 nitrogen and oxygen atoms in total. The summed E-state index contributed by atoms with van der Waals surface area (Å²) in [6.07, 6.45) is -2.52. The van der Waals surface area contributed by atoms with Gasteiger partial charge in [0.05, 0.1) is 0 Å². The predicted molar refractivity (Wildman–Crippen MR) is 82.5 cm³/mol. The first-order chi connectivity index (χ1) is 10.3. The van der Waals surface area contributed by atoms with E-state index in [1.165, 1.54) is 0 Å².